The maximum atomic E-state index is 13.1. The fourth-order valence-corrected chi connectivity index (χ4v) is 12.8. The number of rotatable bonds is 73. The average molecular weight is 1410 g/mol. The lowest BCUT2D eigenvalue weighted by Crippen LogP contribution is -2.30. The third kappa shape index (κ3) is 70.0. The van der Waals surface area contributed by atoms with E-state index in [1.807, 2.05) is 0 Å². The molecule has 0 aromatic carbocycles. The van der Waals surface area contributed by atoms with Gasteiger partial charge in [-0.2, -0.15) is 0 Å². The Hall–Kier alpha value is -2.46. The molecule has 0 bridgehead atoms. The lowest BCUT2D eigenvalue weighted by molar-refractivity contribution is -0.161. The zero-order valence-corrected chi connectivity index (χ0v) is 64.1. The van der Waals surface area contributed by atoms with Gasteiger partial charge in [0.2, 0.25) is 0 Å². The molecule has 0 amide bonds. The van der Waals surface area contributed by atoms with E-state index in [-0.39, 0.29) is 25.7 Å². The average Bonchev–Trinajstić information content (AvgIpc) is 1.42. The Labute approximate surface area is 586 Å². The monoisotopic (exact) mass is 1410 g/mol. The lowest BCUT2D eigenvalue weighted by atomic mass is 10.0. The summed E-state index contributed by atoms with van der Waals surface area (Å²) >= 11 is 0. The van der Waals surface area contributed by atoms with Gasteiger partial charge >= 0.3 is 39.5 Å². The summed E-state index contributed by atoms with van der Waals surface area (Å²) in [6.45, 7) is 11.8. The van der Waals surface area contributed by atoms with Crippen LogP contribution in [0.15, 0.2) is 24.3 Å². The fourth-order valence-electron chi connectivity index (χ4n) is 11.2. The van der Waals surface area contributed by atoms with E-state index in [4.69, 9.17) is 37.0 Å². The van der Waals surface area contributed by atoms with Crippen molar-refractivity contribution in [2.45, 2.75) is 388 Å². The number of unbranched alkanes of at least 4 members (excludes halogenated alkanes) is 38. The molecule has 3 N–H and O–H groups in total. The number of carbonyl (C=O) groups excluding carboxylic acids is 4. The van der Waals surface area contributed by atoms with E-state index in [0.29, 0.717) is 31.6 Å². The molecule has 0 saturated carbocycles. The molecular weight excluding hydrogens is 1260 g/mol. The molecular formula is C77H146O17P2. The number of carbonyl (C=O) groups is 4. The van der Waals surface area contributed by atoms with E-state index in [0.717, 1.165) is 121 Å². The molecule has 0 aromatic heterocycles. The molecule has 0 fully saturated rings. The van der Waals surface area contributed by atoms with Crippen molar-refractivity contribution in [2.75, 3.05) is 39.6 Å². The van der Waals surface area contributed by atoms with Gasteiger partial charge in [-0.25, -0.2) is 9.13 Å². The van der Waals surface area contributed by atoms with Crippen LogP contribution >= 0.6 is 15.6 Å². The van der Waals surface area contributed by atoms with E-state index in [2.05, 4.69) is 72.8 Å². The summed E-state index contributed by atoms with van der Waals surface area (Å²) < 4.78 is 68.5. The van der Waals surface area contributed by atoms with Gasteiger partial charge in [0.25, 0.3) is 0 Å². The molecule has 566 valence electrons. The van der Waals surface area contributed by atoms with Gasteiger partial charge in [0.1, 0.15) is 19.3 Å². The minimum Gasteiger partial charge on any atom is -0.462 e. The Bertz CT molecular complexity index is 1960. The molecule has 0 aliphatic heterocycles. The maximum absolute atomic E-state index is 13.1. The Morgan fingerprint density at radius 3 is 0.844 bits per heavy atom. The number of phosphoric ester groups is 2. The molecule has 0 spiro atoms. The van der Waals surface area contributed by atoms with Crippen molar-refractivity contribution >= 4 is 39.5 Å². The van der Waals surface area contributed by atoms with Crippen LogP contribution in [0.2, 0.25) is 0 Å². The molecule has 19 heteroatoms. The van der Waals surface area contributed by atoms with Crippen LogP contribution in [0.3, 0.4) is 0 Å². The Morgan fingerprint density at radius 1 is 0.323 bits per heavy atom. The van der Waals surface area contributed by atoms with Crippen LogP contribution in [0.4, 0.5) is 0 Å². The third-order valence-electron chi connectivity index (χ3n) is 17.3. The maximum Gasteiger partial charge on any atom is 0.472 e. The van der Waals surface area contributed by atoms with Gasteiger partial charge < -0.3 is 33.8 Å². The summed E-state index contributed by atoms with van der Waals surface area (Å²) in [7, 11) is -9.93. The third-order valence-corrected chi connectivity index (χ3v) is 19.2. The Morgan fingerprint density at radius 2 is 0.562 bits per heavy atom. The highest BCUT2D eigenvalue weighted by Gasteiger charge is 2.30. The number of aliphatic hydroxyl groups is 1. The normalized spacial score (nSPS) is 14.2. The summed E-state index contributed by atoms with van der Waals surface area (Å²) in [6, 6.07) is 0. The topological polar surface area (TPSA) is 237 Å². The van der Waals surface area contributed by atoms with Gasteiger partial charge in [-0.15, -0.1) is 0 Å². The van der Waals surface area contributed by atoms with E-state index in [1.165, 1.54) is 161 Å². The second kappa shape index (κ2) is 67.1. The molecule has 5 atom stereocenters. The second-order valence-corrected chi connectivity index (χ2v) is 31.4. The molecule has 96 heavy (non-hydrogen) atoms. The second-order valence-electron chi connectivity index (χ2n) is 28.5. The fraction of sp³-hybridized carbons (Fsp3) is 0.896. The first-order valence-electron chi connectivity index (χ1n) is 39.2. The van der Waals surface area contributed by atoms with Gasteiger partial charge in [0, 0.05) is 25.7 Å². The highest BCUT2D eigenvalue weighted by Crippen LogP contribution is 2.45. The molecule has 0 rings (SSSR count). The molecule has 0 aliphatic rings. The Kier molecular flexibility index (Phi) is 65.3. The van der Waals surface area contributed by atoms with Crippen molar-refractivity contribution in [3.63, 3.8) is 0 Å². The van der Waals surface area contributed by atoms with Crippen LogP contribution in [0.25, 0.3) is 0 Å². The van der Waals surface area contributed by atoms with Crippen molar-refractivity contribution in [1.82, 2.24) is 0 Å². The minimum atomic E-state index is -4.96. The summed E-state index contributed by atoms with van der Waals surface area (Å²) in [4.78, 5) is 72.8. The largest absolute Gasteiger partial charge is 0.472 e. The summed E-state index contributed by atoms with van der Waals surface area (Å²) in [5.41, 5.74) is 0. The van der Waals surface area contributed by atoms with Crippen LogP contribution < -0.4 is 0 Å². The quantitative estimate of drug-likeness (QED) is 0.0169. The van der Waals surface area contributed by atoms with E-state index in [9.17, 15) is 43.2 Å². The van der Waals surface area contributed by atoms with Gasteiger partial charge in [0.05, 0.1) is 26.4 Å². The highest BCUT2D eigenvalue weighted by atomic mass is 31.2. The van der Waals surface area contributed by atoms with Gasteiger partial charge in [0.15, 0.2) is 12.2 Å². The standard InChI is InChI=1S/C77H146O17P2/c1-8-9-10-11-12-13-14-15-16-19-26-31-38-46-53-60-77(82)94-73(65-88-75(80)59-52-45-40-33-36-43-50-57-70(6)7)67-92-96(85,86)90-63-71(78)62-89-95(83,84)91-66-72(64-87-74(79)58-51-44-37-30-25-22-21-24-29-35-42-49-56-69(4)5)93-76(81)61-54-47-39-32-27-20-17-18-23-28-34-41-48-55-68(2)3/h13-16,68-73,78H,8-12,17-67H2,1-7H3,(H,83,84)(H,85,86)/b14-13-,16-15-/t71?,72-,73-/m1/s1. The lowest BCUT2D eigenvalue weighted by Gasteiger charge is -2.21. The van der Waals surface area contributed by atoms with E-state index < -0.39 is 97.5 Å². The smallest absolute Gasteiger partial charge is 0.462 e. The number of hydrogen-bond acceptors (Lipinski definition) is 15. The van der Waals surface area contributed by atoms with E-state index in [1.54, 1.807) is 0 Å². The minimum absolute atomic E-state index is 0.0840. The molecule has 3 unspecified atom stereocenters. The van der Waals surface area contributed by atoms with Gasteiger partial charge in [-0.05, 0) is 69.1 Å². The summed E-state index contributed by atoms with van der Waals surface area (Å²) in [5.74, 6) is 0.120. The predicted octanol–water partition coefficient (Wildman–Crippen LogP) is 22.1. The van der Waals surface area contributed by atoms with Crippen LogP contribution in [-0.2, 0) is 65.4 Å². The van der Waals surface area contributed by atoms with Crippen molar-refractivity contribution < 1.29 is 80.2 Å². The van der Waals surface area contributed by atoms with Crippen molar-refractivity contribution in [2.24, 2.45) is 17.8 Å². The van der Waals surface area contributed by atoms with Crippen LogP contribution in [-0.4, -0.2) is 96.7 Å². The molecule has 0 radical (unpaired) electrons. The first kappa shape index (κ1) is 93.5. The molecule has 0 saturated heterocycles. The number of aliphatic hydroxyl groups excluding tert-OH is 1. The van der Waals surface area contributed by atoms with Crippen LogP contribution in [0.1, 0.15) is 370 Å². The number of esters is 4. The molecule has 0 aromatic rings. The molecule has 17 nitrogen and oxygen atoms in total. The van der Waals surface area contributed by atoms with Crippen LogP contribution in [0, 0.1) is 17.8 Å². The first-order valence-corrected chi connectivity index (χ1v) is 42.2. The van der Waals surface area contributed by atoms with E-state index >= 15 is 0 Å². The zero-order valence-electron chi connectivity index (χ0n) is 62.3. The summed E-state index contributed by atoms with van der Waals surface area (Å²) in [5, 5.41) is 10.6. The zero-order chi connectivity index (χ0) is 70.9. The SMILES string of the molecule is CCCCCC/C=C\C=C/CCCCCCCC(=O)O[C@H](COC(=O)CCCCCCCCCC(C)C)COP(=O)(O)OCC(O)COP(=O)(O)OC[C@@H](COC(=O)CCCCCCCCCCCCCCC(C)C)OC(=O)CCCCCCCCCCCCCCCC(C)C. The van der Waals surface area contributed by atoms with Crippen LogP contribution in [0.5, 0.6) is 0 Å². The summed E-state index contributed by atoms with van der Waals surface area (Å²) in [6.07, 6.45) is 56.3. The van der Waals surface area contributed by atoms with Crippen molar-refractivity contribution in [3.05, 3.63) is 24.3 Å². The number of phosphoric acid groups is 2. The van der Waals surface area contributed by atoms with Gasteiger partial charge in [-0.3, -0.25) is 37.3 Å². The number of ether oxygens (including phenoxy) is 4. The predicted molar refractivity (Wildman–Crippen MR) is 390 cm³/mol. The Balaban J connectivity index is 5.29. The molecule has 0 heterocycles. The van der Waals surface area contributed by atoms with Gasteiger partial charge in [-0.1, -0.05) is 317 Å². The number of allylic oxidation sites excluding steroid dienone is 4. The highest BCUT2D eigenvalue weighted by molar-refractivity contribution is 7.47. The number of hydrogen-bond donors (Lipinski definition) is 3. The van der Waals surface area contributed by atoms with Crippen molar-refractivity contribution in [1.29, 1.82) is 0 Å². The molecule has 0 aliphatic carbocycles. The van der Waals surface area contributed by atoms with Crippen molar-refractivity contribution in [3.8, 4) is 0 Å². The first-order chi connectivity index (χ1) is 46.2.